The quantitative estimate of drug-likeness (QED) is 0.597. The van der Waals surface area contributed by atoms with Crippen LogP contribution in [0.15, 0.2) is 48.5 Å². The van der Waals surface area contributed by atoms with E-state index in [0.29, 0.717) is 21.4 Å². The Morgan fingerprint density at radius 1 is 1.03 bits per heavy atom. The van der Waals surface area contributed by atoms with Crippen molar-refractivity contribution in [3.8, 4) is 0 Å². The Bertz CT molecular complexity index is 1040. The van der Waals surface area contributed by atoms with Crippen LogP contribution < -0.4 is 4.90 Å². The summed E-state index contributed by atoms with van der Waals surface area (Å²) < 4.78 is 25.5. The van der Waals surface area contributed by atoms with Crippen LogP contribution in [-0.2, 0) is 19.6 Å². The fourth-order valence-electron chi connectivity index (χ4n) is 4.07. The number of aliphatic carboxylic acids is 1. The van der Waals surface area contributed by atoms with Crippen LogP contribution in [0.4, 0.5) is 11.4 Å². The van der Waals surface area contributed by atoms with Gasteiger partial charge in [-0.2, -0.15) is 4.31 Å². The summed E-state index contributed by atoms with van der Waals surface area (Å²) in [7, 11) is -3.92. The minimum atomic E-state index is -3.92. The number of halogens is 2. The molecule has 0 bridgehead atoms. The van der Waals surface area contributed by atoms with E-state index in [1.807, 2.05) is 0 Å². The third-order valence-electron chi connectivity index (χ3n) is 5.46. The van der Waals surface area contributed by atoms with Crippen LogP contribution >= 0.6 is 23.2 Å². The van der Waals surface area contributed by atoms with Gasteiger partial charge in [0.1, 0.15) is 0 Å². The first-order valence-corrected chi connectivity index (χ1v) is 12.1. The summed E-state index contributed by atoms with van der Waals surface area (Å²) in [4.78, 5) is 27.7. The topological polar surface area (TPSA) is 95.0 Å². The molecule has 1 saturated heterocycles. The first-order chi connectivity index (χ1) is 14.5. The first-order valence-electron chi connectivity index (χ1n) is 9.54. The molecule has 0 aliphatic carbocycles. The van der Waals surface area contributed by atoms with E-state index in [0.717, 1.165) is 10.6 Å². The van der Waals surface area contributed by atoms with Crippen LogP contribution in [0.5, 0.6) is 0 Å². The summed E-state index contributed by atoms with van der Waals surface area (Å²) in [6.45, 7) is 1.54. The number of carbonyl (C=O) groups is 2. The highest BCUT2D eigenvalue weighted by Crippen LogP contribution is 2.38. The maximum atomic E-state index is 13.7. The van der Waals surface area contributed by atoms with Gasteiger partial charge in [0.2, 0.25) is 10.0 Å². The van der Waals surface area contributed by atoms with E-state index >= 15 is 0 Å². The number of hydrogen-bond donors (Lipinski definition) is 1. The lowest BCUT2D eigenvalue weighted by molar-refractivity contribution is -0.153. The zero-order valence-corrected chi connectivity index (χ0v) is 19.3. The van der Waals surface area contributed by atoms with E-state index in [1.165, 1.54) is 0 Å². The zero-order chi connectivity index (χ0) is 23.0. The number of sulfonamides is 1. The van der Waals surface area contributed by atoms with Crippen molar-refractivity contribution in [3.05, 3.63) is 58.6 Å². The molecule has 2 aromatic rings. The first kappa shape index (κ1) is 23.5. The molecule has 0 saturated carbocycles. The average Bonchev–Trinajstić information content (AvgIpc) is 3.17. The normalized spacial score (nSPS) is 20.4. The standard InChI is InChI=1S/C21H22Cl2N2O5S/c1-14(19(26)21(20(27)28)12-3-13-24(21)31(2,29)30)25(17-8-4-15(22)5-9-17)18-10-6-16(23)7-11-18/h4-11,14H,3,12-13H2,1-2H3,(H,27,28). The summed E-state index contributed by atoms with van der Waals surface area (Å²) in [5, 5.41) is 11.0. The Balaban J connectivity index is 2.12. The molecule has 1 heterocycles. The highest BCUT2D eigenvalue weighted by Gasteiger charge is 2.59. The van der Waals surface area contributed by atoms with Crippen molar-refractivity contribution in [1.82, 2.24) is 4.31 Å². The number of benzene rings is 2. The number of nitrogens with zero attached hydrogens (tertiary/aromatic N) is 2. The van der Waals surface area contributed by atoms with Gasteiger partial charge in [-0.3, -0.25) is 4.79 Å². The highest BCUT2D eigenvalue weighted by atomic mass is 35.5. The Kier molecular flexibility index (Phi) is 6.67. The summed E-state index contributed by atoms with van der Waals surface area (Å²) in [5.74, 6) is -2.19. The molecule has 1 N–H and O–H groups in total. The van der Waals surface area contributed by atoms with Crippen molar-refractivity contribution >= 4 is 56.4 Å². The number of carboxylic acids is 1. The lowest BCUT2D eigenvalue weighted by Crippen LogP contribution is -2.62. The number of carboxylic acid groups (broad SMARTS) is 1. The summed E-state index contributed by atoms with van der Waals surface area (Å²) in [5.41, 5.74) is -0.974. The van der Waals surface area contributed by atoms with E-state index in [9.17, 15) is 23.1 Å². The van der Waals surface area contributed by atoms with Crippen molar-refractivity contribution in [2.24, 2.45) is 0 Å². The maximum Gasteiger partial charge on any atom is 0.332 e. The van der Waals surface area contributed by atoms with Crippen LogP contribution in [0.2, 0.25) is 10.0 Å². The number of Topliss-reactive ketones (excluding diaryl/α,β-unsaturated/α-hetero) is 1. The van der Waals surface area contributed by atoms with Gasteiger partial charge in [0.05, 0.1) is 12.3 Å². The number of rotatable bonds is 7. The molecule has 2 unspecified atom stereocenters. The van der Waals surface area contributed by atoms with E-state index in [2.05, 4.69) is 0 Å². The van der Waals surface area contributed by atoms with Gasteiger partial charge in [0, 0.05) is 28.0 Å². The van der Waals surface area contributed by atoms with Crippen LogP contribution in [0.1, 0.15) is 19.8 Å². The zero-order valence-electron chi connectivity index (χ0n) is 17.0. The smallest absolute Gasteiger partial charge is 0.332 e. The van der Waals surface area contributed by atoms with Gasteiger partial charge in [-0.1, -0.05) is 23.2 Å². The Hall–Kier alpha value is -2.13. The van der Waals surface area contributed by atoms with Gasteiger partial charge in [-0.25, -0.2) is 13.2 Å². The Morgan fingerprint density at radius 3 is 1.87 bits per heavy atom. The summed E-state index contributed by atoms with van der Waals surface area (Å²) in [6.07, 6.45) is 1.11. The second kappa shape index (κ2) is 8.78. The van der Waals surface area contributed by atoms with Crippen molar-refractivity contribution < 1.29 is 23.1 Å². The third kappa shape index (κ3) is 4.43. The molecule has 0 amide bonds. The van der Waals surface area contributed by atoms with E-state index in [4.69, 9.17) is 23.2 Å². The van der Waals surface area contributed by atoms with Crippen LogP contribution in [-0.4, -0.2) is 54.0 Å². The highest BCUT2D eigenvalue weighted by molar-refractivity contribution is 7.88. The molecule has 2 atom stereocenters. The molecule has 1 aliphatic rings. The molecule has 166 valence electrons. The van der Waals surface area contributed by atoms with Crippen molar-refractivity contribution in [2.75, 3.05) is 17.7 Å². The Morgan fingerprint density at radius 2 is 1.48 bits per heavy atom. The molecule has 7 nitrogen and oxygen atoms in total. The third-order valence-corrected chi connectivity index (χ3v) is 7.26. The van der Waals surface area contributed by atoms with E-state index in [-0.39, 0.29) is 19.4 Å². The molecular formula is C21H22Cl2N2O5S. The van der Waals surface area contributed by atoms with Gasteiger partial charge >= 0.3 is 5.97 Å². The summed E-state index contributed by atoms with van der Waals surface area (Å²) in [6, 6.07) is 12.4. The maximum absolute atomic E-state index is 13.7. The lowest BCUT2D eigenvalue weighted by Gasteiger charge is -2.38. The molecule has 1 aliphatic heterocycles. The van der Waals surface area contributed by atoms with Gasteiger partial charge < -0.3 is 10.0 Å². The molecule has 31 heavy (non-hydrogen) atoms. The fraction of sp³-hybridized carbons (Fsp3) is 0.333. The molecule has 3 rings (SSSR count). The van der Waals surface area contributed by atoms with Crippen molar-refractivity contribution in [1.29, 1.82) is 0 Å². The lowest BCUT2D eigenvalue weighted by atomic mass is 9.87. The Labute approximate surface area is 191 Å². The monoisotopic (exact) mass is 484 g/mol. The van der Waals surface area contributed by atoms with Gasteiger partial charge in [-0.15, -0.1) is 0 Å². The molecule has 0 spiro atoms. The largest absolute Gasteiger partial charge is 0.480 e. The molecule has 10 heteroatoms. The molecule has 2 aromatic carbocycles. The van der Waals surface area contributed by atoms with Crippen molar-refractivity contribution in [2.45, 2.75) is 31.3 Å². The van der Waals surface area contributed by atoms with Crippen LogP contribution in [0.3, 0.4) is 0 Å². The van der Waals surface area contributed by atoms with Crippen LogP contribution in [0.25, 0.3) is 0 Å². The molecule has 0 radical (unpaired) electrons. The number of ketones is 1. The molecule has 1 fully saturated rings. The number of anilines is 2. The predicted molar refractivity (Wildman–Crippen MR) is 121 cm³/mol. The minimum absolute atomic E-state index is 0.0223. The number of carbonyl (C=O) groups excluding carboxylic acids is 1. The summed E-state index contributed by atoms with van der Waals surface area (Å²) >= 11 is 12.0. The second-order valence-corrected chi connectivity index (χ2v) is 10.2. The van der Waals surface area contributed by atoms with Gasteiger partial charge in [0.15, 0.2) is 11.3 Å². The second-order valence-electron chi connectivity index (χ2n) is 7.47. The molecule has 0 aromatic heterocycles. The van der Waals surface area contributed by atoms with E-state index in [1.54, 1.807) is 60.4 Å². The number of hydrogen-bond acceptors (Lipinski definition) is 5. The predicted octanol–water partition coefficient (Wildman–Crippen LogP) is 3.97. The fourth-order valence-corrected chi connectivity index (χ4v) is 5.61. The van der Waals surface area contributed by atoms with Gasteiger partial charge in [0.25, 0.3) is 0 Å². The van der Waals surface area contributed by atoms with E-state index < -0.39 is 33.4 Å². The minimum Gasteiger partial charge on any atom is -0.480 e. The average molecular weight is 485 g/mol. The van der Waals surface area contributed by atoms with Crippen LogP contribution in [0, 0.1) is 0 Å². The SMILES string of the molecule is CC(C(=O)C1(C(=O)O)CCCN1S(C)(=O)=O)N(c1ccc(Cl)cc1)c1ccc(Cl)cc1. The molecular weight excluding hydrogens is 463 g/mol. The van der Waals surface area contributed by atoms with Gasteiger partial charge in [-0.05, 0) is 68.3 Å². The van der Waals surface area contributed by atoms with Crippen molar-refractivity contribution in [3.63, 3.8) is 0 Å².